The fraction of sp³-hybridized carbons (Fsp3) is 0.545. The normalized spacial score (nSPS) is 14.8. The number of hydrogen-bond acceptors (Lipinski definition) is 4. The summed E-state index contributed by atoms with van der Waals surface area (Å²) in [5.41, 5.74) is 1.26. The Morgan fingerprint density at radius 2 is 2.12 bits per heavy atom. The molecule has 3 N–H and O–H groups in total. The third kappa shape index (κ3) is 3.42. The number of rotatable bonds is 5. The number of nitrogens with zero attached hydrogens (tertiary/aromatic N) is 1. The summed E-state index contributed by atoms with van der Waals surface area (Å²) in [7, 11) is 1.80. The van der Waals surface area contributed by atoms with Gasteiger partial charge in [-0.25, -0.2) is 4.98 Å². The second-order valence-corrected chi connectivity index (χ2v) is 4.10. The van der Waals surface area contributed by atoms with E-state index >= 15 is 0 Å². The van der Waals surface area contributed by atoms with Gasteiger partial charge in [0.25, 0.3) is 0 Å². The Morgan fingerprint density at radius 1 is 1.44 bits per heavy atom. The topological polar surface area (TPSA) is 65.4 Å². The third-order valence-corrected chi connectivity index (χ3v) is 2.68. The first-order valence-corrected chi connectivity index (χ1v) is 5.58. The Kier molecular flexibility index (Phi) is 5.15. The van der Waals surface area contributed by atoms with E-state index < -0.39 is 12.2 Å². The molecule has 0 aliphatic heterocycles. The maximum atomic E-state index is 9.93. The molecule has 1 aromatic heterocycles. The van der Waals surface area contributed by atoms with Crippen molar-refractivity contribution >= 4 is 11.6 Å². The second kappa shape index (κ2) is 6.15. The predicted molar refractivity (Wildman–Crippen MR) is 63.5 cm³/mol. The molecule has 2 atom stereocenters. The fourth-order valence-electron chi connectivity index (χ4n) is 1.51. The van der Waals surface area contributed by atoms with Crippen LogP contribution in [-0.2, 0) is 0 Å². The molecule has 0 aliphatic rings. The molecule has 0 amide bonds. The number of pyridine rings is 1. The van der Waals surface area contributed by atoms with E-state index in [-0.39, 0.29) is 0 Å². The van der Waals surface area contributed by atoms with Gasteiger partial charge in [-0.05, 0) is 33.0 Å². The van der Waals surface area contributed by atoms with E-state index in [0.29, 0.717) is 29.4 Å². The Balaban J connectivity index is 2.75. The minimum atomic E-state index is -0.918. The number of hydrogen-bond donors (Lipinski definition) is 3. The van der Waals surface area contributed by atoms with Crippen molar-refractivity contribution in [2.24, 2.45) is 0 Å². The number of halogens is 1. The molecule has 1 rings (SSSR count). The maximum Gasteiger partial charge on any atom is 0.129 e. The maximum absolute atomic E-state index is 9.93. The van der Waals surface area contributed by atoms with Gasteiger partial charge >= 0.3 is 0 Å². The van der Waals surface area contributed by atoms with Gasteiger partial charge in [0.1, 0.15) is 11.3 Å². The van der Waals surface area contributed by atoms with Crippen LogP contribution in [0, 0.1) is 6.92 Å². The van der Waals surface area contributed by atoms with Crippen molar-refractivity contribution in [2.75, 3.05) is 13.6 Å². The lowest BCUT2D eigenvalue weighted by molar-refractivity contribution is 0.0134. The van der Waals surface area contributed by atoms with E-state index in [1.54, 1.807) is 26.1 Å². The quantitative estimate of drug-likeness (QED) is 0.678. The van der Waals surface area contributed by atoms with E-state index in [0.717, 1.165) is 0 Å². The summed E-state index contributed by atoms with van der Waals surface area (Å²) in [6.07, 6.45) is -1.23. The van der Waals surface area contributed by atoms with Gasteiger partial charge in [0.2, 0.25) is 0 Å². The lowest BCUT2D eigenvalue weighted by Gasteiger charge is -2.19. The molecule has 2 unspecified atom stereocenters. The zero-order chi connectivity index (χ0) is 12.1. The summed E-state index contributed by atoms with van der Waals surface area (Å²) in [6.45, 7) is 2.41. The van der Waals surface area contributed by atoms with Crippen molar-refractivity contribution in [2.45, 2.75) is 25.6 Å². The smallest absolute Gasteiger partial charge is 0.129 e. The minimum absolute atomic E-state index is 0.387. The molecule has 1 heterocycles. The van der Waals surface area contributed by atoms with Crippen molar-refractivity contribution in [1.82, 2.24) is 10.3 Å². The Labute approximate surface area is 100 Å². The van der Waals surface area contributed by atoms with Crippen molar-refractivity contribution < 1.29 is 10.2 Å². The number of nitrogens with one attached hydrogen (secondary N) is 1. The molecule has 90 valence electrons. The second-order valence-electron chi connectivity index (χ2n) is 3.71. The van der Waals surface area contributed by atoms with E-state index in [2.05, 4.69) is 10.3 Å². The zero-order valence-electron chi connectivity index (χ0n) is 9.44. The summed E-state index contributed by atoms with van der Waals surface area (Å²) < 4.78 is 0. The summed E-state index contributed by atoms with van der Waals surface area (Å²) in [4.78, 5) is 4.04. The van der Waals surface area contributed by atoms with Crippen LogP contribution in [0.3, 0.4) is 0 Å². The zero-order valence-corrected chi connectivity index (χ0v) is 10.2. The third-order valence-electron chi connectivity index (χ3n) is 2.47. The molecule has 4 nitrogen and oxygen atoms in total. The number of aryl methyl sites for hydroxylation is 1. The largest absolute Gasteiger partial charge is 0.390 e. The van der Waals surface area contributed by atoms with Gasteiger partial charge in [-0.15, -0.1) is 0 Å². The Bertz CT molecular complexity index is 347. The summed E-state index contributed by atoms with van der Waals surface area (Å²) in [6, 6.07) is 3.30. The SMILES string of the molecule is CNCCC(O)C(O)c1ccc(Cl)nc1C. The van der Waals surface area contributed by atoms with Gasteiger partial charge in [-0.1, -0.05) is 17.7 Å². The van der Waals surface area contributed by atoms with E-state index in [4.69, 9.17) is 11.6 Å². The molecular formula is C11H17ClN2O2. The van der Waals surface area contributed by atoms with Crippen molar-refractivity contribution in [3.05, 3.63) is 28.5 Å². The fourth-order valence-corrected chi connectivity index (χ4v) is 1.70. The molecule has 0 radical (unpaired) electrons. The van der Waals surface area contributed by atoms with Crippen LogP contribution < -0.4 is 5.32 Å². The molecule has 0 fully saturated rings. The number of aliphatic hydroxyl groups is 2. The van der Waals surface area contributed by atoms with Crippen molar-refractivity contribution in [3.8, 4) is 0 Å². The summed E-state index contributed by atoms with van der Waals surface area (Å²) in [5, 5.41) is 23.0. The van der Waals surface area contributed by atoms with Gasteiger partial charge in [0, 0.05) is 11.3 Å². The van der Waals surface area contributed by atoms with Crippen LogP contribution in [-0.4, -0.2) is 34.9 Å². The molecule has 0 saturated carbocycles. The average molecular weight is 245 g/mol. The van der Waals surface area contributed by atoms with Crippen LogP contribution in [0.15, 0.2) is 12.1 Å². The molecular weight excluding hydrogens is 228 g/mol. The number of aliphatic hydroxyl groups excluding tert-OH is 2. The van der Waals surface area contributed by atoms with Crippen LogP contribution in [0.25, 0.3) is 0 Å². The standard InChI is InChI=1S/C11H17ClN2O2/c1-7-8(3-4-10(12)14-7)11(16)9(15)5-6-13-2/h3-4,9,11,13,15-16H,5-6H2,1-2H3. The Hall–Kier alpha value is -0.680. The predicted octanol–water partition coefficient (Wildman–Crippen LogP) is 1.05. The number of aromatic nitrogens is 1. The highest BCUT2D eigenvalue weighted by Gasteiger charge is 2.20. The molecule has 16 heavy (non-hydrogen) atoms. The molecule has 0 aromatic carbocycles. The molecule has 0 bridgehead atoms. The highest BCUT2D eigenvalue weighted by Crippen LogP contribution is 2.22. The molecule has 0 saturated heterocycles. The van der Waals surface area contributed by atoms with Gasteiger partial charge in [-0.3, -0.25) is 0 Å². The van der Waals surface area contributed by atoms with Crippen LogP contribution in [0.5, 0.6) is 0 Å². The lowest BCUT2D eigenvalue weighted by Crippen LogP contribution is -2.24. The molecule has 1 aromatic rings. The van der Waals surface area contributed by atoms with Crippen molar-refractivity contribution in [3.63, 3.8) is 0 Å². The Morgan fingerprint density at radius 3 is 2.69 bits per heavy atom. The van der Waals surface area contributed by atoms with Crippen LogP contribution in [0.1, 0.15) is 23.8 Å². The van der Waals surface area contributed by atoms with Gasteiger partial charge in [0.15, 0.2) is 0 Å². The van der Waals surface area contributed by atoms with Crippen LogP contribution >= 0.6 is 11.6 Å². The van der Waals surface area contributed by atoms with Gasteiger partial charge in [-0.2, -0.15) is 0 Å². The van der Waals surface area contributed by atoms with E-state index in [1.807, 2.05) is 0 Å². The molecule has 0 spiro atoms. The minimum Gasteiger partial charge on any atom is -0.390 e. The average Bonchev–Trinajstić information content (AvgIpc) is 2.25. The van der Waals surface area contributed by atoms with E-state index in [1.165, 1.54) is 0 Å². The van der Waals surface area contributed by atoms with Gasteiger partial charge < -0.3 is 15.5 Å². The van der Waals surface area contributed by atoms with Gasteiger partial charge in [0.05, 0.1) is 6.10 Å². The molecule has 0 aliphatic carbocycles. The molecule has 5 heteroatoms. The highest BCUT2D eigenvalue weighted by atomic mass is 35.5. The van der Waals surface area contributed by atoms with E-state index in [9.17, 15) is 10.2 Å². The first-order chi connectivity index (χ1) is 7.56. The van der Waals surface area contributed by atoms with Crippen molar-refractivity contribution in [1.29, 1.82) is 0 Å². The lowest BCUT2D eigenvalue weighted by atomic mass is 10.0. The first kappa shape index (κ1) is 13.4. The van der Waals surface area contributed by atoms with Crippen LogP contribution in [0.2, 0.25) is 5.15 Å². The summed E-state index contributed by atoms with van der Waals surface area (Å²) in [5.74, 6) is 0. The monoisotopic (exact) mass is 244 g/mol. The van der Waals surface area contributed by atoms with Crippen LogP contribution in [0.4, 0.5) is 0 Å². The summed E-state index contributed by atoms with van der Waals surface area (Å²) >= 11 is 5.72. The highest BCUT2D eigenvalue weighted by molar-refractivity contribution is 6.29. The first-order valence-electron chi connectivity index (χ1n) is 5.20.